The molecular weight excluding hydrogens is 412 g/mol. The maximum absolute atomic E-state index is 13.2. The van der Waals surface area contributed by atoms with Crippen molar-refractivity contribution in [3.8, 4) is 23.0 Å². The summed E-state index contributed by atoms with van der Waals surface area (Å²) in [5, 5.41) is 10.9. The Hall–Kier alpha value is -3.48. The molecule has 4 rings (SSSR count). The molecule has 0 bridgehead atoms. The molecule has 0 radical (unpaired) electrons. The molecule has 0 spiro atoms. The number of Topliss-reactive ketones (excluding diaryl/α,β-unsaturated/α-hetero) is 1. The highest BCUT2D eigenvalue weighted by Gasteiger charge is 2.33. The second-order valence-electron chi connectivity index (χ2n) is 7.97. The van der Waals surface area contributed by atoms with E-state index in [0.29, 0.717) is 39.8 Å². The first kappa shape index (κ1) is 21.7. The predicted octanol–water partition coefficient (Wildman–Crippen LogP) is 4.87. The minimum absolute atomic E-state index is 0.0608. The second kappa shape index (κ2) is 8.57. The van der Waals surface area contributed by atoms with Gasteiger partial charge in [0.15, 0.2) is 17.3 Å². The number of aryl methyl sites for hydroxylation is 2. The molecular formula is C25H26O7. The number of hydrogen-bond acceptors (Lipinski definition) is 7. The van der Waals surface area contributed by atoms with Crippen molar-refractivity contribution >= 4 is 16.8 Å². The van der Waals surface area contributed by atoms with Crippen molar-refractivity contribution < 1.29 is 28.5 Å². The molecule has 1 N–H and O–H groups in total. The van der Waals surface area contributed by atoms with Crippen LogP contribution in [-0.4, -0.2) is 25.1 Å². The Morgan fingerprint density at radius 2 is 1.78 bits per heavy atom. The van der Waals surface area contributed by atoms with E-state index in [1.807, 2.05) is 6.92 Å². The minimum Gasteiger partial charge on any atom is -0.502 e. The molecule has 0 aliphatic carbocycles. The number of aromatic hydroxyl groups is 1. The first-order valence-corrected chi connectivity index (χ1v) is 10.6. The van der Waals surface area contributed by atoms with Crippen LogP contribution in [0, 0.1) is 6.92 Å². The van der Waals surface area contributed by atoms with E-state index in [1.54, 1.807) is 18.2 Å². The minimum atomic E-state index is -0.616. The number of hydrogen-bond donors (Lipinski definition) is 1. The van der Waals surface area contributed by atoms with Gasteiger partial charge in [-0.3, -0.25) is 4.79 Å². The monoisotopic (exact) mass is 438 g/mol. The highest BCUT2D eigenvalue weighted by Crippen LogP contribution is 2.45. The van der Waals surface area contributed by atoms with Crippen LogP contribution in [0.2, 0.25) is 0 Å². The molecule has 1 aliphatic heterocycles. The van der Waals surface area contributed by atoms with Crippen molar-refractivity contribution in [1.82, 2.24) is 0 Å². The molecule has 0 saturated heterocycles. The second-order valence-corrected chi connectivity index (χ2v) is 7.97. The van der Waals surface area contributed by atoms with Gasteiger partial charge < -0.3 is 23.7 Å². The van der Waals surface area contributed by atoms with E-state index in [2.05, 4.69) is 6.92 Å². The highest BCUT2D eigenvalue weighted by atomic mass is 16.5. The van der Waals surface area contributed by atoms with Crippen LogP contribution in [-0.2, 0) is 6.42 Å². The number of ether oxygens (including phenoxy) is 3. The maximum atomic E-state index is 13.2. The summed E-state index contributed by atoms with van der Waals surface area (Å²) in [4.78, 5) is 25.4. The zero-order chi connectivity index (χ0) is 23.0. The fourth-order valence-corrected chi connectivity index (χ4v) is 4.26. The van der Waals surface area contributed by atoms with Gasteiger partial charge in [-0.1, -0.05) is 13.3 Å². The molecule has 1 aliphatic rings. The number of fused-ring (bicyclic) bond motifs is 3. The van der Waals surface area contributed by atoms with Crippen molar-refractivity contribution in [2.24, 2.45) is 0 Å². The van der Waals surface area contributed by atoms with Gasteiger partial charge in [0, 0.05) is 11.6 Å². The number of ketones is 1. The van der Waals surface area contributed by atoms with Gasteiger partial charge in [-0.25, -0.2) is 4.79 Å². The van der Waals surface area contributed by atoms with Crippen molar-refractivity contribution in [2.45, 2.75) is 45.6 Å². The van der Waals surface area contributed by atoms with Crippen molar-refractivity contribution in [2.75, 3.05) is 14.2 Å². The molecule has 2 heterocycles. The molecule has 0 saturated carbocycles. The SMILES string of the molecule is CCCCc1cc(=O)oc2cc(C)c3c(c12)OC(c1cc(OC)c(O)c(OC)c1)CC3=O. The summed E-state index contributed by atoms with van der Waals surface area (Å²) in [5.74, 6) is 0.706. The van der Waals surface area contributed by atoms with Crippen LogP contribution in [0.1, 0.15) is 59.3 Å². The summed E-state index contributed by atoms with van der Waals surface area (Å²) in [7, 11) is 2.89. The number of carbonyl (C=O) groups is 1. The first-order chi connectivity index (χ1) is 15.4. The zero-order valence-electron chi connectivity index (χ0n) is 18.6. The number of phenols is 1. The van der Waals surface area contributed by atoms with Crippen LogP contribution in [0.5, 0.6) is 23.0 Å². The number of rotatable bonds is 6. The molecule has 0 amide bonds. The topological polar surface area (TPSA) is 95.2 Å². The first-order valence-electron chi connectivity index (χ1n) is 10.6. The number of carbonyl (C=O) groups excluding carboxylic acids is 1. The normalized spacial score (nSPS) is 15.4. The Kier molecular flexibility index (Phi) is 5.82. The Labute approximate surface area is 185 Å². The van der Waals surface area contributed by atoms with E-state index < -0.39 is 11.7 Å². The molecule has 32 heavy (non-hydrogen) atoms. The molecule has 1 unspecified atom stereocenters. The lowest BCUT2D eigenvalue weighted by molar-refractivity contribution is 0.0851. The van der Waals surface area contributed by atoms with Crippen LogP contribution in [0.25, 0.3) is 11.0 Å². The smallest absolute Gasteiger partial charge is 0.336 e. The standard InChI is InChI=1S/C25H26O7/c1-5-6-7-14-11-21(27)31-18-8-13(2)22-16(26)12-17(32-25(22)23(14)18)15-9-19(29-3)24(28)20(10-15)30-4/h8-11,17,28H,5-7,12H2,1-4H3. The fraction of sp³-hybridized carbons (Fsp3) is 0.360. The highest BCUT2D eigenvalue weighted by molar-refractivity contribution is 6.07. The van der Waals surface area contributed by atoms with E-state index in [1.165, 1.54) is 20.3 Å². The maximum Gasteiger partial charge on any atom is 0.336 e. The Morgan fingerprint density at radius 3 is 2.41 bits per heavy atom. The van der Waals surface area contributed by atoms with Gasteiger partial charge in [-0.15, -0.1) is 0 Å². The molecule has 1 atom stereocenters. The van der Waals surface area contributed by atoms with E-state index >= 15 is 0 Å². The van der Waals surface area contributed by atoms with Gasteiger partial charge >= 0.3 is 5.63 Å². The van der Waals surface area contributed by atoms with Gasteiger partial charge in [0.05, 0.1) is 31.6 Å². The Balaban J connectivity index is 1.90. The summed E-state index contributed by atoms with van der Waals surface area (Å²) in [6.07, 6.45) is 2.04. The third-order valence-electron chi connectivity index (χ3n) is 5.85. The number of unbranched alkanes of at least 4 members (excludes halogenated alkanes) is 1. The molecule has 3 aromatic rings. The third-order valence-corrected chi connectivity index (χ3v) is 5.85. The fourth-order valence-electron chi connectivity index (χ4n) is 4.26. The number of benzene rings is 2. The van der Waals surface area contributed by atoms with Crippen molar-refractivity contribution in [3.05, 3.63) is 56.9 Å². The summed E-state index contributed by atoms with van der Waals surface area (Å²) in [6.45, 7) is 3.89. The summed E-state index contributed by atoms with van der Waals surface area (Å²) in [6, 6.07) is 6.49. The quantitative estimate of drug-likeness (QED) is 0.548. The average Bonchev–Trinajstić information content (AvgIpc) is 2.76. The Morgan fingerprint density at radius 1 is 1.09 bits per heavy atom. The van der Waals surface area contributed by atoms with Gasteiger partial charge in [0.25, 0.3) is 0 Å². The van der Waals surface area contributed by atoms with Gasteiger partial charge in [0.2, 0.25) is 5.75 Å². The lowest BCUT2D eigenvalue weighted by atomic mass is 9.90. The number of phenolic OH excluding ortho intramolecular Hbond substituents is 1. The van der Waals surface area contributed by atoms with Gasteiger partial charge in [-0.2, -0.15) is 0 Å². The number of methoxy groups -OCH3 is 2. The van der Waals surface area contributed by atoms with Crippen LogP contribution in [0.4, 0.5) is 0 Å². The molecule has 7 heteroatoms. The van der Waals surface area contributed by atoms with E-state index in [9.17, 15) is 14.7 Å². The summed E-state index contributed by atoms with van der Waals surface area (Å²) >= 11 is 0. The molecule has 7 nitrogen and oxygen atoms in total. The lowest BCUT2D eigenvalue weighted by Gasteiger charge is -2.28. The van der Waals surface area contributed by atoms with Crippen molar-refractivity contribution in [1.29, 1.82) is 0 Å². The van der Waals surface area contributed by atoms with E-state index in [0.717, 1.165) is 18.4 Å². The average molecular weight is 438 g/mol. The largest absolute Gasteiger partial charge is 0.502 e. The predicted molar refractivity (Wildman–Crippen MR) is 119 cm³/mol. The molecule has 0 fully saturated rings. The third kappa shape index (κ3) is 3.68. The zero-order valence-corrected chi connectivity index (χ0v) is 18.6. The molecule has 168 valence electrons. The Bertz CT molecular complexity index is 1230. The van der Waals surface area contributed by atoms with Crippen LogP contribution < -0.4 is 19.8 Å². The van der Waals surface area contributed by atoms with E-state index in [4.69, 9.17) is 18.6 Å². The molecule has 2 aromatic carbocycles. The van der Waals surface area contributed by atoms with Gasteiger partial charge in [-0.05, 0) is 49.1 Å². The van der Waals surface area contributed by atoms with Gasteiger partial charge in [0.1, 0.15) is 17.4 Å². The molecule has 1 aromatic heterocycles. The van der Waals surface area contributed by atoms with Crippen LogP contribution in [0.3, 0.4) is 0 Å². The summed E-state index contributed by atoms with van der Waals surface area (Å²) < 4.78 is 22.4. The van der Waals surface area contributed by atoms with Crippen molar-refractivity contribution in [3.63, 3.8) is 0 Å². The van der Waals surface area contributed by atoms with Crippen LogP contribution >= 0.6 is 0 Å². The lowest BCUT2D eigenvalue weighted by Crippen LogP contribution is -2.22. The van der Waals surface area contributed by atoms with E-state index in [-0.39, 0.29) is 29.5 Å². The van der Waals surface area contributed by atoms with Crippen LogP contribution in [0.15, 0.2) is 33.5 Å². The summed E-state index contributed by atoms with van der Waals surface area (Å²) in [5.41, 5.74) is 2.65.